The van der Waals surface area contributed by atoms with E-state index in [1.54, 1.807) is 7.11 Å². The number of aliphatic imine (C=N–C) groups is 1. The highest BCUT2D eigenvalue weighted by atomic mass is 127. The average molecular weight is 517 g/mol. The lowest BCUT2D eigenvalue weighted by molar-refractivity contribution is -0.121. The van der Waals surface area contributed by atoms with Crippen molar-refractivity contribution in [3.8, 4) is 5.75 Å². The number of para-hydroxylation sites is 2. The van der Waals surface area contributed by atoms with E-state index in [2.05, 4.69) is 31.9 Å². The molecule has 0 spiro atoms. The highest BCUT2D eigenvalue weighted by Crippen LogP contribution is 2.31. The molecule has 0 bridgehead atoms. The Hall–Kier alpha value is -1.71. The molecule has 7 nitrogen and oxygen atoms in total. The molecule has 0 saturated carbocycles. The Kier molecular flexibility index (Phi) is 10.6. The van der Waals surface area contributed by atoms with Crippen LogP contribution in [0.2, 0.25) is 0 Å². The van der Waals surface area contributed by atoms with Gasteiger partial charge in [-0.05, 0) is 52.2 Å². The number of methoxy groups -OCH3 is 1. The first kappa shape index (κ1) is 25.3. The highest BCUT2D eigenvalue weighted by Gasteiger charge is 2.24. The summed E-state index contributed by atoms with van der Waals surface area (Å²) in [5.41, 5.74) is 0.899. The van der Waals surface area contributed by atoms with Crippen molar-refractivity contribution in [2.45, 2.75) is 39.7 Å². The predicted molar refractivity (Wildman–Crippen MR) is 131 cm³/mol. The SMILES string of the molecule is CCNC(=NCC(=O)NC(C)(C)C)NCC1CCN(c2ccccc2OC)C1.I. The van der Waals surface area contributed by atoms with Crippen LogP contribution < -0.4 is 25.6 Å². The molecular formula is C21H36IN5O2. The third kappa shape index (κ3) is 8.67. The Bertz CT molecular complexity index is 675. The number of halogens is 1. The summed E-state index contributed by atoms with van der Waals surface area (Å²) < 4.78 is 5.49. The maximum absolute atomic E-state index is 12.0. The van der Waals surface area contributed by atoms with Crippen molar-refractivity contribution in [2.24, 2.45) is 10.9 Å². The van der Waals surface area contributed by atoms with Crippen molar-refractivity contribution in [3.63, 3.8) is 0 Å². The van der Waals surface area contributed by atoms with E-state index in [1.807, 2.05) is 45.9 Å². The van der Waals surface area contributed by atoms with Gasteiger partial charge in [-0.25, -0.2) is 4.99 Å². The minimum absolute atomic E-state index is 0. The van der Waals surface area contributed by atoms with Crippen molar-refractivity contribution in [2.75, 3.05) is 44.7 Å². The number of nitrogens with zero attached hydrogens (tertiary/aromatic N) is 2. The zero-order valence-electron chi connectivity index (χ0n) is 18.2. The molecule has 3 N–H and O–H groups in total. The number of hydrogen-bond donors (Lipinski definition) is 3. The molecule has 0 aliphatic carbocycles. The number of ether oxygens (including phenoxy) is 1. The fourth-order valence-electron chi connectivity index (χ4n) is 3.30. The molecule has 2 rings (SSSR count). The molecule has 1 heterocycles. The second-order valence-corrected chi connectivity index (χ2v) is 8.15. The van der Waals surface area contributed by atoms with Crippen LogP contribution in [0.3, 0.4) is 0 Å². The van der Waals surface area contributed by atoms with Gasteiger partial charge in [-0.3, -0.25) is 4.79 Å². The van der Waals surface area contributed by atoms with E-state index in [-0.39, 0.29) is 42.0 Å². The highest BCUT2D eigenvalue weighted by molar-refractivity contribution is 14.0. The monoisotopic (exact) mass is 517 g/mol. The lowest BCUT2D eigenvalue weighted by atomic mass is 10.1. The molecule has 29 heavy (non-hydrogen) atoms. The van der Waals surface area contributed by atoms with E-state index >= 15 is 0 Å². The molecule has 164 valence electrons. The van der Waals surface area contributed by atoms with Crippen molar-refractivity contribution >= 4 is 41.5 Å². The first-order chi connectivity index (χ1) is 13.3. The van der Waals surface area contributed by atoms with Crippen LogP contribution in [0.4, 0.5) is 5.69 Å². The summed E-state index contributed by atoms with van der Waals surface area (Å²) >= 11 is 0. The number of rotatable bonds is 7. The second-order valence-electron chi connectivity index (χ2n) is 8.15. The summed E-state index contributed by atoms with van der Waals surface area (Å²) in [4.78, 5) is 18.8. The van der Waals surface area contributed by atoms with E-state index in [1.165, 1.54) is 0 Å². The summed E-state index contributed by atoms with van der Waals surface area (Å²) in [5, 5.41) is 9.52. The lowest BCUT2D eigenvalue weighted by Crippen LogP contribution is -2.44. The van der Waals surface area contributed by atoms with Crippen LogP contribution in [0.25, 0.3) is 0 Å². The summed E-state index contributed by atoms with van der Waals surface area (Å²) in [6.45, 7) is 11.6. The Morgan fingerprint density at radius 2 is 2.00 bits per heavy atom. The van der Waals surface area contributed by atoms with Crippen LogP contribution in [0.1, 0.15) is 34.1 Å². The van der Waals surface area contributed by atoms with Crippen molar-refractivity contribution in [1.29, 1.82) is 0 Å². The van der Waals surface area contributed by atoms with Crippen LogP contribution in [0.5, 0.6) is 5.75 Å². The third-order valence-corrected chi connectivity index (χ3v) is 4.51. The minimum atomic E-state index is -0.246. The number of amides is 1. The molecule has 0 radical (unpaired) electrons. The van der Waals surface area contributed by atoms with Gasteiger partial charge in [0, 0.05) is 31.7 Å². The van der Waals surface area contributed by atoms with Gasteiger partial charge in [0.2, 0.25) is 5.91 Å². The minimum Gasteiger partial charge on any atom is -0.495 e. The zero-order chi connectivity index (χ0) is 20.6. The topological polar surface area (TPSA) is 78.0 Å². The van der Waals surface area contributed by atoms with Gasteiger partial charge in [0.1, 0.15) is 12.3 Å². The van der Waals surface area contributed by atoms with Crippen molar-refractivity contribution in [3.05, 3.63) is 24.3 Å². The number of carbonyl (C=O) groups is 1. The number of hydrogen-bond acceptors (Lipinski definition) is 4. The number of guanidine groups is 1. The molecule has 1 aliphatic rings. The Balaban J connectivity index is 0.00000420. The molecule has 1 saturated heterocycles. The normalized spacial score (nSPS) is 16.8. The predicted octanol–water partition coefficient (Wildman–Crippen LogP) is 2.61. The number of benzene rings is 1. The van der Waals surface area contributed by atoms with E-state index in [9.17, 15) is 4.79 Å². The third-order valence-electron chi connectivity index (χ3n) is 4.51. The molecule has 1 unspecified atom stereocenters. The van der Waals surface area contributed by atoms with Crippen LogP contribution in [-0.4, -0.2) is 57.2 Å². The number of nitrogens with one attached hydrogen (secondary N) is 3. The summed E-state index contributed by atoms with van der Waals surface area (Å²) in [5.74, 6) is 2.03. The maximum atomic E-state index is 12.0. The molecule has 1 fully saturated rings. The van der Waals surface area contributed by atoms with Crippen LogP contribution >= 0.6 is 24.0 Å². The van der Waals surface area contributed by atoms with E-state index in [0.29, 0.717) is 11.9 Å². The number of anilines is 1. The van der Waals surface area contributed by atoms with Crippen LogP contribution in [0.15, 0.2) is 29.3 Å². The largest absolute Gasteiger partial charge is 0.495 e. The Morgan fingerprint density at radius 3 is 2.66 bits per heavy atom. The Morgan fingerprint density at radius 1 is 1.28 bits per heavy atom. The van der Waals surface area contributed by atoms with Gasteiger partial charge in [0.05, 0.1) is 12.8 Å². The van der Waals surface area contributed by atoms with E-state index < -0.39 is 0 Å². The molecule has 1 amide bonds. The van der Waals surface area contributed by atoms with Gasteiger partial charge >= 0.3 is 0 Å². The van der Waals surface area contributed by atoms with Crippen LogP contribution in [0, 0.1) is 5.92 Å². The fourth-order valence-corrected chi connectivity index (χ4v) is 3.30. The van der Waals surface area contributed by atoms with E-state index in [0.717, 1.165) is 44.0 Å². The lowest BCUT2D eigenvalue weighted by Gasteiger charge is -2.22. The van der Waals surface area contributed by atoms with Gasteiger partial charge in [-0.1, -0.05) is 12.1 Å². The summed E-state index contributed by atoms with van der Waals surface area (Å²) in [6.07, 6.45) is 1.11. The van der Waals surface area contributed by atoms with Gasteiger partial charge < -0.3 is 25.6 Å². The van der Waals surface area contributed by atoms with Crippen molar-refractivity contribution in [1.82, 2.24) is 16.0 Å². The van der Waals surface area contributed by atoms with Gasteiger partial charge in [0.15, 0.2) is 5.96 Å². The van der Waals surface area contributed by atoms with Crippen molar-refractivity contribution < 1.29 is 9.53 Å². The zero-order valence-corrected chi connectivity index (χ0v) is 20.6. The van der Waals surface area contributed by atoms with Gasteiger partial charge in [0.25, 0.3) is 0 Å². The second kappa shape index (κ2) is 12.1. The van der Waals surface area contributed by atoms with Gasteiger partial charge in [-0.2, -0.15) is 0 Å². The fraction of sp³-hybridized carbons (Fsp3) is 0.619. The first-order valence-corrected chi connectivity index (χ1v) is 10.0. The quantitative estimate of drug-likeness (QED) is 0.295. The first-order valence-electron chi connectivity index (χ1n) is 10.0. The molecule has 1 aromatic carbocycles. The molecular weight excluding hydrogens is 481 g/mol. The smallest absolute Gasteiger partial charge is 0.242 e. The maximum Gasteiger partial charge on any atom is 0.242 e. The molecule has 1 aromatic rings. The van der Waals surface area contributed by atoms with Crippen LogP contribution in [-0.2, 0) is 4.79 Å². The summed E-state index contributed by atoms with van der Waals surface area (Å²) in [7, 11) is 1.71. The van der Waals surface area contributed by atoms with Gasteiger partial charge in [-0.15, -0.1) is 24.0 Å². The standard InChI is InChI=1S/C21H35N5O2.HI/c1-6-22-20(24-14-19(27)25-21(2,3)4)23-13-16-11-12-26(15-16)17-9-7-8-10-18(17)28-5;/h7-10,16H,6,11-15H2,1-5H3,(H,25,27)(H2,22,23,24);1H. The van der Waals surface area contributed by atoms with E-state index in [4.69, 9.17) is 4.74 Å². The average Bonchev–Trinajstić information content (AvgIpc) is 3.11. The molecule has 0 aromatic heterocycles. The number of carbonyl (C=O) groups excluding carboxylic acids is 1. The molecule has 1 atom stereocenters. The Labute approximate surface area is 192 Å². The molecule has 8 heteroatoms. The molecule has 1 aliphatic heterocycles. The summed E-state index contributed by atoms with van der Waals surface area (Å²) in [6, 6.07) is 8.14.